The average molecular weight is 669 g/mol. The van der Waals surface area contributed by atoms with Gasteiger partial charge in [-0.05, 0) is 89.6 Å². The van der Waals surface area contributed by atoms with E-state index in [4.69, 9.17) is 23.2 Å². The van der Waals surface area contributed by atoms with Crippen LogP contribution in [-0.4, -0.2) is 23.0 Å². The largest absolute Gasteiger partial charge is 0.324 e. The highest BCUT2D eigenvalue weighted by atomic mass is 79.9. The van der Waals surface area contributed by atoms with Crippen molar-refractivity contribution in [3.05, 3.63) is 128 Å². The van der Waals surface area contributed by atoms with Crippen LogP contribution in [0.4, 0.5) is 11.4 Å². The van der Waals surface area contributed by atoms with Crippen LogP contribution in [0, 0.1) is 0 Å². The number of hydrogen-bond acceptors (Lipinski definition) is 4. The molecule has 0 aliphatic heterocycles. The summed E-state index contributed by atoms with van der Waals surface area (Å²) in [5.41, 5.74) is 1.94. The molecule has 3 amide bonds. The highest BCUT2D eigenvalue weighted by Gasteiger charge is 2.18. The maximum atomic E-state index is 13.3. The van der Waals surface area contributed by atoms with Crippen molar-refractivity contribution in [3.8, 4) is 0 Å². The van der Waals surface area contributed by atoms with Gasteiger partial charge in [-0.3, -0.25) is 14.4 Å². The molecule has 0 heterocycles. The molecule has 10 heteroatoms. The van der Waals surface area contributed by atoms with Crippen LogP contribution in [0.5, 0.6) is 0 Å². The van der Waals surface area contributed by atoms with Gasteiger partial charge < -0.3 is 16.0 Å². The number of carbonyl (C=O) groups excluding carboxylic acids is 3. The van der Waals surface area contributed by atoms with Crippen LogP contribution >= 0.6 is 50.9 Å². The molecule has 6 nitrogen and oxygen atoms in total. The summed E-state index contributed by atoms with van der Waals surface area (Å²) in [4.78, 5) is 39.7. The van der Waals surface area contributed by atoms with Crippen LogP contribution in [-0.2, 0) is 9.59 Å². The molecule has 41 heavy (non-hydrogen) atoms. The lowest BCUT2D eigenvalue weighted by Crippen LogP contribution is -2.30. The summed E-state index contributed by atoms with van der Waals surface area (Å²) in [5.74, 6) is -1.16. The standard InChI is InChI=1S/C31H24BrCl2N3O3S/c1-19(29(38)36-27-13-6-5-10-24(27)32)41-22-16-14-21(15-17-22)35-31(40)28(18-23-25(33)11-7-12-26(23)34)37-30(39)20-8-3-2-4-9-20/h2-19H,1H3,(H,35,40)(H,36,38)(H,37,39)/b28-18-. The second-order valence-corrected chi connectivity index (χ2v) is 11.8. The number of para-hydroxylation sites is 1. The molecule has 0 bridgehead atoms. The Morgan fingerprint density at radius 3 is 2.10 bits per heavy atom. The van der Waals surface area contributed by atoms with Gasteiger partial charge in [-0.2, -0.15) is 0 Å². The maximum Gasteiger partial charge on any atom is 0.272 e. The molecule has 1 atom stereocenters. The Balaban J connectivity index is 1.47. The van der Waals surface area contributed by atoms with E-state index in [9.17, 15) is 14.4 Å². The SMILES string of the molecule is CC(Sc1ccc(NC(=O)/C(=C/c2c(Cl)cccc2Cl)NC(=O)c2ccccc2)cc1)C(=O)Nc1ccccc1Br. The third-order valence-corrected chi connectivity index (χ3v) is 8.21. The average Bonchev–Trinajstić information content (AvgIpc) is 2.97. The van der Waals surface area contributed by atoms with E-state index in [1.54, 1.807) is 72.8 Å². The third-order valence-electron chi connectivity index (χ3n) is 5.74. The molecular weight excluding hydrogens is 645 g/mol. The molecule has 0 saturated heterocycles. The number of benzene rings is 4. The number of rotatable bonds is 9. The smallest absolute Gasteiger partial charge is 0.272 e. The topological polar surface area (TPSA) is 87.3 Å². The molecule has 4 aromatic rings. The number of halogens is 3. The summed E-state index contributed by atoms with van der Waals surface area (Å²) < 4.78 is 0.802. The summed E-state index contributed by atoms with van der Waals surface area (Å²) in [7, 11) is 0. The van der Waals surface area contributed by atoms with Crippen molar-refractivity contribution in [2.45, 2.75) is 17.1 Å². The molecule has 0 fully saturated rings. The molecule has 1 unspecified atom stereocenters. The van der Waals surface area contributed by atoms with Gasteiger partial charge >= 0.3 is 0 Å². The van der Waals surface area contributed by atoms with E-state index < -0.39 is 11.8 Å². The Labute approximate surface area is 260 Å². The van der Waals surface area contributed by atoms with Gasteiger partial charge in [0.2, 0.25) is 5.91 Å². The molecule has 0 spiro atoms. The molecule has 208 valence electrons. The van der Waals surface area contributed by atoms with Gasteiger partial charge in [-0.1, -0.05) is 59.6 Å². The number of carbonyl (C=O) groups is 3. The van der Waals surface area contributed by atoms with Crippen molar-refractivity contribution in [2.24, 2.45) is 0 Å². The van der Waals surface area contributed by atoms with E-state index in [1.807, 2.05) is 31.2 Å². The fourth-order valence-corrected chi connectivity index (χ4v) is 5.36. The quantitative estimate of drug-likeness (QED) is 0.124. The summed E-state index contributed by atoms with van der Waals surface area (Å²) in [6.07, 6.45) is 1.44. The molecule has 4 aromatic carbocycles. The maximum absolute atomic E-state index is 13.3. The minimum atomic E-state index is -0.563. The highest BCUT2D eigenvalue weighted by Crippen LogP contribution is 2.29. The monoisotopic (exact) mass is 667 g/mol. The van der Waals surface area contributed by atoms with Crippen molar-refractivity contribution in [3.63, 3.8) is 0 Å². The van der Waals surface area contributed by atoms with E-state index in [0.717, 1.165) is 9.37 Å². The normalized spacial score (nSPS) is 11.9. The van der Waals surface area contributed by atoms with Crippen LogP contribution in [0.2, 0.25) is 10.0 Å². The number of anilines is 2. The first-order valence-electron chi connectivity index (χ1n) is 12.4. The lowest BCUT2D eigenvalue weighted by atomic mass is 10.1. The molecule has 3 N–H and O–H groups in total. The predicted octanol–water partition coefficient (Wildman–Crippen LogP) is 8.28. The second kappa shape index (κ2) is 14.4. The van der Waals surface area contributed by atoms with Gasteiger partial charge in [0.1, 0.15) is 5.70 Å². The van der Waals surface area contributed by atoms with Crippen molar-refractivity contribution in [2.75, 3.05) is 10.6 Å². The number of nitrogens with one attached hydrogen (secondary N) is 3. The summed E-state index contributed by atoms with van der Waals surface area (Å²) in [6.45, 7) is 1.82. The van der Waals surface area contributed by atoms with Crippen molar-refractivity contribution in [1.29, 1.82) is 0 Å². The number of amides is 3. The van der Waals surface area contributed by atoms with Crippen LogP contribution in [0.25, 0.3) is 6.08 Å². The first-order valence-corrected chi connectivity index (χ1v) is 14.8. The van der Waals surface area contributed by atoms with Gasteiger partial charge in [0.05, 0.1) is 10.9 Å². The van der Waals surface area contributed by atoms with Crippen LogP contribution in [0.3, 0.4) is 0 Å². The van der Waals surface area contributed by atoms with Crippen LogP contribution in [0.15, 0.2) is 112 Å². The first kappa shape index (κ1) is 30.4. The molecular formula is C31H24BrCl2N3O3S. The Hall–Kier alpha value is -3.56. The zero-order valence-electron chi connectivity index (χ0n) is 21.7. The summed E-state index contributed by atoms with van der Waals surface area (Å²) >= 11 is 17.5. The van der Waals surface area contributed by atoms with Gasteiger partial charge in [0.15, 0.2) is 0 Å². The molecule has 0 aliphatic carbocycles. The fraction of sp³-hybridized carbons (Fsp3) is 0.0645. The van der Waals surface area contributed by atoms with Gasteiger partial charge in [-0.15, -0.1) is 11.8 Å². The van der Waals surface area contributed by atoms with E-state index >= 15 is 0 Å². The lowest BCUT2D eigenvalue weighted by Gasteiger charge is -2.14. The van der Waals surface area contributed by atoms with Crippen LogP contribution in [0.1, 0.15) is 22.8 Å². The van der Waals surface area contributed by atoms with Crippen LogP contribution < -0.4 is 16.0 Å². The predicted molar refractivity (Wildman–Crippen MR) is 172 cm³/mol. The molecule has 0 aromatic heterocycles. The Bertz CT molecular complexity index is 1580. The minimum absolute atomic E-state index is 0.0373. The Kier molecular flexibility index (Phi) is 10.7. The van der Waals surface area contributed by atoms with Crippen molar-refractivity contribution in [1.82, 2.24) is 5.32 Å². The lowest BCUT2D eigenvalue weighted by molar-refractivity contribution is -0.115. The van der Waals surface area contributed by atoms with E-state index in [-0.39, 0.29) is 16.9 Å². The van der Waals surface area contributed by atoms with E-state index in [1.165, 1.54) is 17.8 Å². The second-order valence-electron chi connectivity index (χ2n) is 8.72. The van der Waals surface area contributed by atoms with E-state index in [0.29, 0.717) is 32.5 Å². The zero-order chi connectivity index (χ0) is 29.4. The molecule has 0 saturated carbocycles. The van der Waals surface area contributed by atoms with E-state index in [2.05, 4.69) is 31.9 Å². The van der Waals surface area contributed by atoms with Gasteiger partial charge in [0.25, 0.3) is 11.8 Å². The van der Waals surface area contributed by atoms with Crippen molar-refractivity contribution < 1.29 is 14.4 Å². The summed E-state index contributed by atoms with van der Waals surface area (Å²) in [5, 5.41) is 8.67. The number of hydrogen-bond donors (Lipinski definition) is 3. The highest BCUT2D eigenvalue weighted by molar-refractivity contribution is 9.10. The number of thioether (sulfide) groups is 1. The third kappa shape index (κ3) is 8.47. The van der Waals surface area contributed by atoms with Gasteiger partial charge in [0, 0.05) is 36.2 Å². The first-order chi connectivity index (χ1) is 19.7. The van der Waals surface area contributed by atoms with Crippen molar-refractivity contribution >= 4 is 86.1 Å². The summed E-state index contributed by atoms with van der Waals surface area (Å²) in [6, 6.07) is 28.0. The van der Waals surface area contributed by atoms with Gasteiger partial charge in [-0.25, -0.2) is 0 Å². The minimum Gasteiger partial charge on any atom is -0.324 e. The molecule has 0 aliphatic rings. The molecule has 0 radical (unpaired) electrons. The fourth-order valence-electron chi connectivity index (χ4n) is 3.61. The molecule has 4 rings (SSSR count). The Morgan fingerprint density at radius 2 is 1.44 bits per heavy atom. The Morgan fingerprint density at radius 1 is 0.805 bits per heavy atom. The zero-order valence-corrected chi connectivity index (χ0v) is 25.6.